The number of rotatable bonds is 1. The molecule has 76 valence electrons. The van der Waals surface area contributed by atoms with Gasteiger partial charge in [-0.25, -0.2) is 4.39 Å². The average molecular weight is 186 g/mol. The maximum Gasteiger partial charge on any atom is 0.101 e. The van der Waals surface area contributed by atoms with Crippen LogP contribution in [0.3, 0.4) is 0 Å². The molecule has 0 aromatic carbocycles. The van der Waals surface area contributed by atoms with Gasteiger partial charge >= 0.3 is 0 Å². The zero-order chi connectivity index (χ0) is 9.42. The molecule has 1 aliphatic carbocycles. The van der Waals surface area contributed by atoms with Crippen LogP contribution in [0.1, 0.15) is 33.1 Å². The van der Waals surface area contributed by atoms with Gasteiger partial charge in [-0.15, -0.1) is 0 Å². The van der Waals surface area contributed by atoms with E-state index >= 15 is 0 Å². The Labute approximate surface area is 79.2 Å². The van der Waals surface area contributed by atoms with Crippen LogP contribution in [0, 0.1) is 11.8 Å². The molecule has 2 aliphatic rings. The first-order valence-electron chi connectivity index (χ1n) is 5.33. The minimum atomic E-state index is -0.566. The summed E-state index contributed by atoms with van der Waals surface area (Å²) in [5.41, 5.74) is 6.60. The second-order valence-corrected chi connectivity index (χ2v) is 4.74. The lowest BCUT2D eigenvalue weighted by Crippen LogP contribution is -2.36. The Balaban J connectivity index is 2.02. The Hall–Kier alpha value is -0.150. The van der Waals surface area contributed by atoms with Crippen LogP contribution in [0.4, 0.5) is 4.39 Å². The van der Waals surface area contributed by atoms with Gasteiger partial charge < -0.3 is 0 Å². The SMILES string of the molecule is CC(C)C1NNC2CCC(F)CC21. The molecule has 2 rings (SSSR count). The maximum atomic E-state index is 13.2. The first-order chi connectivity index (χ1) is 6.18. The fourth-order valence-electron chi connectivity index (χ4n) is 2.70. The van der Waals surface area contributed by atoms with Crippen molar-refractivity contribution in [3.05, 3.63) is 0 Å². The lowest BCUT2D eigenvalue weighted by molar-refractivity contribution is 0.167. The second-order valence-electron chi connectivity index (χ2n) is 4.74. The Morgan fingerprint density at radius 2 is 2.00 bits per heavy atom. The minimum absolute atomic E-state index is 0.462. The number of hydrogen-bond acceptors (Lipinski definition) is 2. The van der Waals surface area contributed by atoms with Gasteiger partial charge in [-0.05, 0) is 31.1 Å². The third kappa shape index (κ3) is 1.72. The monoisotopic (exact) mass is 186 g/mol. The van der Waals surface area contributed by atoms with Gasteiger partial charge in [-0.3, -0.25) is 10.9 Å². The van der Waals surface area contributed by atoms with E-state index in [2.05, 4.69) is 24.7 Å². The van der Waals surface area contributed by atoms with Crippen LogP contribution in [0.2, 0.25) is 0 Å². The Morgan fingerprint density at radius 1 is 1.23 bits per heavy atom. The first kappa shape index (κ1) is 9.41. The topological polar surface area (TPSA) is 24.1 Å². The summed E-state index contributed by atoms with van der Waals surface area (Å²) < 4.78 is 13.2. The van der Waals surface area contributed by atoms with E-state index in [1.54, 1.807) is 0 Å². The van der Waals surface area contributed by atoms with Gasteiger partial charge in [0, 0.05) is 12.1 Å². The van der Waals surface area contributed by atoms with Crippen molar-refractivity contribution in [2.75, 3.05) is 0 Å². The standard InChI is InChI=1S/C10H19FN2/c1-6(2)10-8-5-7(11)3-4-9(8)12-13-10/h6-10,12-13H,3-5H2,1-2H3. The molecule has 1 saturated carbocycles. The van der Waals surface area contributed by atoms with Gasteiger partial charge in [0.15, 0.2) is 0 Å². The molecule has 1 aliphatic heterocycles. The van der Waals surface area contributed by atoms with Gasteiger partial charge in [-0.1, -0.05) is 13.8 Å². The molecule has 0 amide bonds. The summed E-state index contributed by atoms with van der Waals surface area (Å²) in [4.78, 5) is 0. The number of hydrogen-bond donors (Lipinski definition) is 2. The van der Waals surface area contributed by atoms with E-state index in [-0.39, 0.29) is 0 Å². The molecule has 2 nitrogen and oxygen atoms in total. The summed E-state index contributed by atoms with van der Waals surface area (Å²) in [6.45, 7) is 4.40. The predicted molar refractivity (Wildman–Crippen MR) is 50.9 cm³/mol. The van der Waals surface area contributed by atoms with Gasteiger partial charge in [0.2, 0.25) is 0 Å². The summed E-state index contributed by atoms with van der Waals surface area (Å²) in [5.74, 6) is 1.09. The molecule has 1 saturated heterocycles. The maximum absolute atomic E-state index is 13.2. The molecule has 4 atom stereocenters. The smallest absolute Gasteiger partial charge is 0.101 e. The quantitative estimate of drug-likeness (QED) is 0.650. The van der Waals surface area contributed by atoms with Crippen LogP contribution >= 0.6 is 0 Å². The van der Waals surface area contributed by atoms with Crippen LogP contribution < -0.4 is 10.9 Å². The minimum Gasteiger partial charge on any atom is -0.254 e. The summed E-state index contributed by atoms with van der Waals surface area (Å²) in [5, 5.41) is 0. The highest BCUT2D eigenvalue weighted by Gasteiger charge is 2.41. The highest BCUT2D eigenvalue weighted by molar-refractivity contribution is 4.96. The summed E-state index contributed by atoms with van der Waals surface area (Å²) in [6, 6.07) is 0.975. The Morgan fingerprint density at radius 3 is 2.69 bits per heavy atom. The zero-order valence-corrected chi connectivity index (χ0v) is 8.39. The molecule has 2 N–H and O–H groups in total. The van der Waals surface area contributed by atoms with E-state index in [9.17, 15) is 4.39 Å². The van der Waals surface area contributed by atoms with E-state index in [1.165, 1.54) is 0 Å². The summed E-state index contributed by atoms with van der Waals surface area (Å²) >= 11 is 0. The van der Waals surface area contributed by atoms with Gasteiger partial charge in [0.1, 0.15) is 6.17 Å². The average Bonchev–Trinajstić information content (AvgIpc) is 2.46. The van der Waals surface area contributed by atoms with Crippen molar-refractivity contribution < 1.29 is 4.39 Å². The highest BCUT2D eigenvalue weighted by Crippen LogP contribution is 2.34. The Kier molecular flexibility index (Phi) is 2.56. The molecule has 3 heteroatoms. The fourth-order valence-corrected chi connectivity index (χ4v) is 2.70. The van der Waals surface area contributed by atoms with E-state index in [4.69, 9.17) is 0 Å². The van der Waals surface area contributed by atoms with Gasteiger partial charge in [0.05, 0.1) is 0 Å². The van der Waals surface area contributed by atoms with Crippen LogP contribution in [-0.4, -0.2) is 18.3 Å². The normalized spacial score (nSPS) is 45.2. The van der Waals surface area contributed by atoms with Crippen molar-refractivity contribution in [2.24, 2.45) is 11.8 Å². The third-order valence-electron chi connectivity index (χ3n) is 3.45. The van der Waals surface area contributed by atoms with E-state index in [1.807, 2.05) is 0 Å². The molecule has 0 aromatic heterocycles. The largest absolute Gasteiger partial charge is 0.254 e. The molecular weight excluding hydrogens is 167 g/mol. The molecular formula is C10H19FN2. The Bertz CT molecular complexity index is 184. The van der Waals surface area contributed by atoms with Crippen molar-refractivity contribution in [3.63, 3.8) is 0 Å². The van der Waals surface area contributed by atoms with E-state index in [0.29, 0.717) is 23.9 Å². The van der Waals surface area contributed by atoms with Crippen molar-refractivity contribution in [1.82, 2.24) is 10.9 Å². The van der Waals surface area contributed by atoms with Crippen LogP contribution in [0.5, 0.6) is 0 Å². The zero-order valence-electron chi connectivity index (χ0n) is 8.39. The highest BCUT2D eigenvalue weighted by atomic mass is 19.1. The second kappa shape index (κ2) is 3.54. The molecule has 13 heavy (non-hydrogen) atoms. The lowest BCUT2D eigenvalue weighted by atomic mass is 9.78. The third-order valence-corrected chi connectivity index (χ3v) is 3.45. The number of halogens is 1. The van der Waals surface area contributed by atoms with Gasteiger partial charge in [-0.2, -0.15) is 0 Å². The summed E-state index contributed by atoms with van der Waals surface area (Å²) in [6.07, 6.45) is 1.90. The molecule has 0 aromatic rings. The van der Waals surface area contributed by atoms with Gasteiger partial charge in [0.25, 0.3) is 0 Å². The number of fused-ring (bicyclic) bond motifs is 1. The lowest BCUT2D eigenvalue weighted by Gasteiger charge is -2.30. The fraction of sp³-hybridized carbons (Fsp3) is 1.00. The number of nitrogens with one attached hydrogen (secondary N) is 2. The van der Waals surface area contributed by atoms with E-state index in [0.717, 1.165) is 19.3 Å². The van der Waals surface area contributed by atoms with Crippen LogP contribution in [-0.2, 0) is 0 Å². The molecule has 2 fully saturated rings. The van der Waals surface area contributed by atoms with Crippen molar-refractivity contribution in [3.8, 4) is 0 Å². The van der Waals surface area contributed by atoms with Crippen molar-refractivity contribution in [2.45, 2.75) is 51.4 Å². The van der Waals surface area contributed by atoms with Crippen molar-refractivity contribution >= 4 is 0 Å². The van der Waals surface area contributed by atoms with E-state index < -0.39 is 6.17 Å². The number of hydrazine groups is 1. The molecule has 4 unspecified atom stereocenters. The molecule has 0 radical (unpaired) electrons. The first-order valence-corrected chi connectivity index (χ1v) is 5.33. The van der Waals surface area contributed by atoms with Crippen molar-refractivity contribution in [1.29, 1.82) is 0 Å². The molecule has 0 spiro atoms. The molecule has 0 bridgehead atoms. The predicted octanol–water partition coefficient (Wildman–Crippen LogP) is 1.63. The van der Waals surface area contributed by atoms with Crippen LogP contribution in [0.25, 0.3) is 0 Å². The number of alkyl halides is 1. The van der Waals surface area contributed by atoms with Crippen LogP contribution in [0.15, 0.2) is 0 Å². The molecule has 1 heterocycles. The summed E-state index contributed by atoms with van der Waals surface area (Å²) in [7, 11) is 0.